The number of carbonyl (C=O) groups excluding carboxylic acids is 1. The van der Waals surface area contributed by atoms with Gasteiger partial charge in [-0.05, 0) is 57.8 Å². The number of hydrogen-bond donors (Lipinski definition) is 4. The molecular weight excluding hydrogens is 610 g/mol. The zero-order chi connectivity index (χ0) is 34.9. The molecule has 0 rings (SSSR count). The van der Waals surface area contributed by atoms with Gasteiger partial charge in [-0.2, -0.15) is 8.42 Å². The molecule has 0 heterocycles. The number of allylic oxidation sites excluding steroid dienone is 7. The van der Waals surface area contributed by atoms with E-state index >= 15 is 0 Å². The smallest absolute Gasteiger partial charge is 0.267 e. The van der Waals surface area contributed by atoms with Gasteiger partial charge >= 0.3 is 0 Å². The molecule has 8 heteroatoms. The quantitative estimate of drug-likeness (QED) is 0.0311. The van der Waals surface area contributed by atoms with E-state index in [0.717, 1.165) is 44.9 Å². The third kappa shape index (κ3) is 32.6. The van der Waals surface area contributed by atoms with Crippen molar-refractivity contribution in [3.05, 3.63) is 48.6 Å². The summed E-state index contributed by atoms with van der Waals surface area (Å²) in [5.41, 5.74) is 0. The number of hydrogen-bond acceptors (Lipinski definition) is 5. The van der Waals surface area contributed by atoms with Crippen LogP contribution in [0.2, 0.25) is 0 Å². The molecule has 0 aromatic carbocycles. The van der Waals surface area contributed by atoms with Crippen molar-refractivity contribution in [3.8, 4) is 0 Å². The Balaban J connectivity index is 4.01. The molecule has 0 bridgehead atoms. The van der Waals surface area contributed by atoms with Crippen LogP contribution in [0.3, 0.4) is 0 Å². The standard InChI is InChI=1S/C39H71NO6S/c1-3-5-7-9-11-13-15-16-17-18-19-20-21-22-23-24-26-28-30-32-34-38(42)39(43)40-36(35-47(44,45)46)37(41)33-31-29-27-25-14-12-10-8-6-4-2/h5,7,11,13-14,25,31,33,36-38,41-42H,3-4,6,8-10,12,15-24,26-30,32,34-35H2,1-2H3,(H,40,43)(H,44,45,46)/b7-5-,13-11-,25-14+,33-31+. The van der Waals surface area contributed by atoms with Crippen LogP contribution in [0.4, 0.5) is 0 Å². The number of amides is 1. The topological polar surface area (TPSA) is 124 Å². The molecule has 0 aromatic rings. The Morgan fingerprint density at radius 3 is 1.64 bits per heavy atom. The summed E-state index contributed by atoms with van der Waals surface area (Å²) in [5.74, 6) is -1.56. The second-order valence-electron chi connectivity index (χ2n) is 13.0. The molecule has 4 N–H and O–H groups in total. The Morgan fingerprint density at radius 1 is 0.617 bits per heavy atom. The second kappa shape index (κ2) is 32.8. The Hall–Kier alpha value is -1.74. The highest BCUT2D eigenvalue weighted by molar-refractivity contribution is 7.85. The maximum absolute atomic E-state index is 12.5. The number of carbonyl (C=O) groups is 1. The molecule has 0 aromatic heterocycles. The van der Waals surface area contributed by atoms with E-state index in [1.54, 1.807) is 6.08 Å². The van der Waals surface area contributed by atoms with Gasteiger partial charge in [0.1, 0.15) is 6.10 Å². The van der Waals surface area contributed by atoms with Gasteiger partial charge in [0, 0.05) is 0 Å². The third-order valence-corrected chi connectivity index (χ3v) is 9.13. The van der Waals surface area contributed by atoms with E-state index in [1.165, 1.54) is 96.0 Å². The molecular formula is C39H71NO6S. The maximum atomic E-state index is 12.5. The van der Waals surface area contributed by atoms with Crippen molar-refractivity contribution < 1.29 is 28.0 Å². The summed E-state index contributed by atoms with van der Waals surface area (Å²) in [6.45, 7) is 4.35. The molecule has 0 saturated carbocycles. The van der Waals surface area contributed by atoms with Crippen molar-refractivity contribution in [3.63, 3.8) is 0 Å². The summed E-state index contributed by atoms with van der Waals surface area (Å²) in [6.07, 6.45) is 40.4. The molecule has 0 radical (unpaired) electrons. The largest absolute Gasteiger partial charge is 0.387 e. The first-order valence-electron chi connectivity index (χ1n) is 18.9. The third-order valence-electron chi connectivity index (χ3n) is 8.35. The molecule has 274 valence electrons. The predicted molar refractivity (Wildman–Crippen MR) is 199 cm³/mol. The zero-order valence-electron chi connectivity index (χ0n) is 30.0. The molecule has 0 saturated heterocycles. The fraction of sp³-hybridized carbons (Fsp3) is 0.769. The van der Waals surface area contributed by atoms with Crippen LogP contribution in [0.1, 0.15) is 168 Å². The number of aliphatic hydroxyl groups is 2. The molecule has 0 aliphatic heterocycles. The van der Waals surface area contributed by atoms with Crippen LogP contribution in [-0.4, -0.2) is 53.1 Å². The highest BCUT2D eigenvalue weighted by atomic mass is 32.2. The zero-order valence-corrected chi connectivity index (χ0v) is 30.8. The van der Waals surface area contributed by atoms with Gasteiger partial charge in [-0.15, -0.1) is 0 Å². The van der Waals surface area contributed by atoms with Gasteiger partial charge in [-0.3, -0.25) is 9.35 Å². The van der Waals surface area contributed by atoms with E-state index in [2.05, 4.69) is 55.6 Å². The van der Waals surface area contributed by atoms with Crippen LogP contribution in [0.25, 0.3) is 0 Å². The second-order valence-corrected chi connectivity index (χ2v) is 14.5. The minimum absolute atomic E-state index is 0.272. The van der Waals surface area contributed by atoms with Gasteiger partial charge < -0.3 is 15.5 Å². The molecule has 47 heavy (non-hydrogen) atoms. The van der Waals surface area contributed by atoms with Crippen molar-refractivity contribution in [1.29, 1.82) is 0 Å². The number of nitrogens with one attached hydrogen (secondary N) is 1. The molecule has 3 unspecified atom stereocenters. The van der Waals surface area contributed by atoms with Crippen molar-refractivity contribution in [1.82, 2.24) is 5.32 Å². The lowest BCUT2D eigenvalue weighted by atomic mass is 10.0. The first-order valence-corrected chi connectivity index (χ1v) is 20.6. The SMILES string of the molecule is CC/C=C\C/C=C\CCCCCCCCCCCCCCCC(O)C(=O)NC(CS(=O)(=O)O)C(O)/C=C/CC/C=C/CCCCCC. The predicted octanol–water partition coefficient (Wildman–Crippen LogP) is 9.71. The van der Waals surface area contributed by atoms with Crippen LogP contribution >= 0.6 is 0 Å². The summed E-state index contributed by atoms with van der Waals surface area (Å²) in [4.78, 5) is 12.5. The summed E-state index contributed by atoms with van der Waals surface area (Å²) in [5, 5.41) is 23.2. The van der Waals surface area contributed by atoms with Crippen molar-refractivity contribution in [2.45, 2.75) is 186 Å². The Morgan fingerprint density at radius 2 is 1.09 bits per heavy atom. The average Bonchev–Trinajstić information content (AvgIpc) is 3.03. The van der Waals surface area contributed by atoms with E-state index in [-0.39, 0.29) is 6.42 Å². The van der Waals surface area contributed by atoms with Crippen LogP contribution in [0.15, 0.2) is 48.6 Å². The van der Waals surface area contributed by atoms with E-state index in [0.29, 0.717) is 12.8 Å². The summed E-state index contributed by atoms with van der Waals surface area (Å²) >= 11 is 0. The van der Waals surface area contributed by atoms with Gasteiger partial charge in [0.2, 0.25) is 5.91 Å². The Kier molecular flexibility index (Phi) is 31.6. The van der Waals surface area contributed by atoms with Crippen molar-refractivity contribution >= 4 is 16.0 Å². The fourth-order valence-corrected chi connectivity index (χ4v) is 6.18. The van der Waals surface area contributed by atoms with Gasteiger partial charge in [-0.25, -0.2) is 0 Å². The lowest BCUT2D eigenvalue weighted by Gasteiger charge is -2.22. The van der Waals surface area contributed by atoms with Gasteiger partial charge in [-0.1, -0.05) is 159 Å². The number of aliphatic hydroxyl groups excluding tert-OH is 2. The molecule has 1 amide bonds. The van der Waals surface area contributed by atoms with Crippen LogP contribution in [0, 0.1) is 0 Å². The highest BCUT2D eigenvalue weighted by Crippen LogP contribution is 2.14. The van der Waals surface area contributed by atoms with Gasteiger partial charge in [0.25, 0.3) is 10.1 Å². The molecule has 0 aliphatic rings. The van der Waals surface area contributed by atoms with Crippen molar-refractivity contribution in [2.75, 3.05) is 5.75 Å². The molecule has 0 aliphatic carbocycles. The van der Waals surface area contributed by atoms with E-state index in [4.69, 9.17) is 0 Å². The normalized spacial score (nSPS) is 14.6. The van der Waals surface area contributed by atoms with Gasteiger partial charge in [0.05, 0.1) is 17.9 Å². The van der Waals surface area contributed by atoms with Crippen molar-refractivity contribution in [2.24, 2.45) is 0 Å². The molecule has 0 spiro atoms. The Bertz CT molecular complexity index is 943. The van der Waals surface area contributed by atoms with Gasteiger partial charge in [0.15, 0.2) is 0 Å². The summed E-state index contributed by atoms with van der Waals surface area (Å²) in [7, 11) is -4.44. The number of unbranched alkanes of at least 4 members (excludes halogenated alkanes) is 18. The first kappa shape index (κ1) is 45.3. The highest BCUT2D eigenvalue weighted by Gasteiger charge is 2.27. The minimum Gasteiger partial charge on any atom is -0.387 e. The first-order chi connectivity index (χ1) is 22.7. The molecule has 3 atom stereocenters. The Labute approximate surface area is 289 Å². The average molecular weight is 682 g/mol. The van der Waals surface area contributed by atoms with Crippen LogP contribution in [-0.2, 0) is 14.9 Å². The molecule has 7 nitrogen and oxygen atoms in total. The maximum Gasteiger partial charge on any atom is 0.267 e. The van der Waals surface area contributed by atoms with E-state index < -0.39 is 40.0 Å². The lowest BCUT2D eigenvalue weighted by Crippen LogP contribution is -2.50. The molecule has 0 fully saturated rings. The summed E-state index contributed by atoms with van der Waals surface area (Å²) in [6, 6.07) is -1.25. The summed E-state index contributed by atoms with van der Waals surface area (Å²) < 4.78 is 32.3. The van der Waals surface area contributed by atoms with Crippen LogP contribution in [0.5, 0.6) is 0 Å². The van der Waals surface area contributed by atoms with E-state index in [1.807, 2.05) is 0 Å². The fourth-order valence-electron chi connectivity index (χ4n) is 5.45. The van der Waals surface area contributed by atoms with Crippen LogP contribution < -0.4 is 5.32 Å². The van der Waals surface area contributed by atoms with E-state index in [9.17, 15) is 28.0 Å². The number of rotatable bonds is 33. The minimum atomic E-state index is -4.44. The monoisotopic (exact) mass is 682 g/mol. The lowest BCUT2D eigenvalue weighted by molar-refractivity contribution is -0.130.